The van der Waals surface area contributed by atoms with E-state index in [-0.39, 0.29) is 30.4 Å². The van der Waals surface area contributed by atoms with Crippen molar-refractivity contribution >= 4 is 23.4 Å². The number of hydrogen-bond donors (Lipinski definition) is 0. The number of amides is 2. The number of carbonyl (C=O) groups is 2. The van der Waals surface area contributed by atoms with E-state index >= 15 is 0 Å². The highest BCUT2D eigenvalue weighted by Gasteiger charge is 2.41. The highest BCUT2D eigenvalue weighted by atomic mass is 35.5. The largest absolute Gasteiger partial charge is 0.493 e. The molecule has 2 amide bonds. The Balaban J connectivity index is 1.53. The SMILES string of the molecule is CN(Cc1ccccc1)C(=O)C[C@@]1(COc2ccc(Cl)cc2)CCCN(C(=O)c2ccccc2F)C1. The van der Waals surface area contributed by atoms with Crippen molar-refractivity contribution in [3.8, 4) is 5.75 Å². The molecule has 1 aliphatic heterocycles. The topological polar surface area (TPSA) is 49.9 Å². The minimum Gasteiger partial charge on any atom is -0.493 e. The molecule has 0 aromatic heterocycles. The van der Waals surface area contributed by atoms with E-state index in [0.717, 1.165) is 5.56 Å². The highest BCUT2D eigenvalue weighted by molar-refractivity contribution is 6.30. The Morgan fingerprint density at radius 3 is 2.44 bits per heavy atom. The quantitative estimate of drug-likeness (QED) is 0.384. The van der Waals surface area contributed by atoms with E-state index < -0.39 is 11.2 Å². The number of nitrogens with zero attached hydrogens (tertiary/aromatic N) is 2. The molecule has 1 saturated heterocycles. The third-order valence-electron chi connectivity index (χ3n) is 6.63. The van der Waals surface area contributed by atoms with Crippen LogP contribution in [0.3, 0.4) is 0 Å². The zero-order chi connectivity index (χ0) is 25.5. The molecule has 7 heteroatoms. The molecular formula is C29H30ClFN2O3. The molecule has 0 saturated carbocycles. The number of piperidine rings is 1. The van der Waals surface area contributed by atoms with Crippen molar-refractivity contribution in [1.82, 2.24) is 9.80 Å². The van der Waals surface area contributed by atoms with E-state index in [1.54, 1.807) is 53.2 Å². The second-order valence-electron chi connectivity index (χ2n) is 9.46. The van der Waals surface area contributed by atoms with Crippen LogP contribution in [-0.4, -0.2) is 48.4 Å². The number of rotatable bonds is 8. The minimum absolute atomic E-state index is 0.0289. The van der Waals surface area contributed by atoms with E-state index in [0.29, 0.717) is 43.2 Å². The smallest absolute Gasteiger partial charge is 0.256 e. The van der Waals surface area contributed by atoms with Gasteiger partial charge in [-0.3, -0.25) is 9.59 Å². The summed E-state index contributed by atoms with van der Waals surface area (Å²) in [5.74, 6) is -0.302. The summed E-state index contributed by atoms with van der Waals surface area (Å²) in [6.45, 7) is 1.55. The molecule has 188 valence electrons. The van der Waals surface area contributed by atoms with Crippen LogP contribution in [0.25, 0.3) is 0 Å². The second kappa shape index (κ2) is 11.6. The Morgan fingerprint density at radius 2 is 1.72 bits per heavy atom. The van der Waals surface area contributed by atoms with Crippen LogP contribution >= 0.6 is 11.6 Å². The number of ether oxygens (including phenoxy) is 1. The Morgan fingerprint density at radius 1 is 1.03 bits per heavy atom. The van der Waals surface area contributed by atoms with Crippen LogP contribution in [0, 0.1) is 11.2 Å². The predicted molar refractivity (Wildman–Crippen MR) is 138 cm³/mol. The zero-order valence-corrected chi connectivity index (χ0v) is 21.1. The maximum atomic E-state index is 14.4. The van der Waals surface area contributed by atoms with Gasteiger partial charge < -0.3 is 14.5 Å². The summed E-state index contributed by atoms with van der Waals surface area (Å²) < 4.78 is 20.5. The van der Waals surface area contributed by atoms with Gasteiger partial charge in [-0.2, -0.15) is 0 Å². The molecule has 3 aromatic rings. The standard InChI is InChI=1S/C29H30ClFN2O3/c1-32(19-22-8-3-2-4-9-22)27(34)18-29(21-36-24-14-12-23(30)13-15-24)16-7-17-33(20-29)28(35)25-10-5-6-11-26(25)31/h2-6,8-15H,7,16-21H2,1H3/t29-/m0/s1. The van der Waals surface area contributed by atoms with Gasteiger partial charge in [-0.05, 0) is 54.8 Å². The molecule has 3 aromatic carbocycles. The molecular weight excluding hydrogens is 479 g/mol. The lowest BCUT2D eigenvalue weighted by molar-refractivity contribution is -0.134. The first kappa shape index (κ1) is 25.7. The van der Waals surface area contributed by atoms with Crippen molar-refractivity contribution in [1.29, 1.82) is 0 Å². The van der Waals surface area contributed by atoms with Crippen LogP contribution < -0.4 is 4.74 Å². The molecule has 0 spiro atoms. The van der Waals surface area contributed by atoms with Crippen molar-refractivity contribution in [3.63, 3.8) is 0 Å². The van der Waals surface area contributed by atoms with Gasteiger partial charge in [0.1, 0.15) is 11.6 Å². The Hall–Kier alpha value is -3.38. The average molecular weight is 509 g/mol. The van der Waals surface area contributed by atoms with Gasteiger partial charge in [0.25, 0.3) is 5.91 Å². The summed E-state index contributed by atoms with van der Waals surface area (Å²) in [5, 5.41) is 0.606. The molecule has 0 radical (unpaired) electrons. The summed E-state index contributed by atoms with van der Waals surface area (Å²) in [5.41, 5.74) is 0.472. The van der Waals surface area contributed by atoms with E-state index in [2.05, 4.69) is 0 Å². The van der Waals surface area contributed by atoms with Gasteiger partial charge in [-0.15, -0.1) is 0 Å². The molecule has 5 nitrogen and oxygen atoms in total. The van der Waals surface area contributed by atoms with E-state index in [4.69, 9.17) is 16.3 Å². The highest BCUT2D eigenvalue weighted by Crippen LogP contribution is 2.36. The molecule has 1 fully saturated rings. The van der Waals surface area contributed by atoms with Crippen LogP contribution in [0.1, 0.15) is 35.2 Å². The predicted octanol–water partition coefficient (Wildman–Crippen LogP) is 5.83. The second-order valence-corrected chi connectivity index (χ2v) is 9.90. The fourth-order valence-electron chi connectivity index (χ4n) is 4.67. The Kier molecular flexibility index (Phi) is 8.26. The normalized spacial score (nSPS) is 17.5. The van der Waals surface area contributed by atoms with Crippen LogP contribution in [0.15, 0.2) is 78.9 Å². The molecule has 1 aliphatic rings. The summed E-state index contributed by atoms with van der Waals surface area (Å²) in [6, 6.07) is 22.9. The number of benzene rings is 3. The van der Waals surface area contributed by atoms with Crippen molar-refractivity contribution in [2.24, 2.45) is 5.41 Å². The monoisotopic (exact) mass is 508 g/mol. The fourth-order valence-corrected chi connectivity index (χ4v) is 4.79. The van der Waals surface area contributed by atoms with Crippen LogP contribution in [0.4, 0.5) is 4.39 Å². The number of carbonyl (C=O) groups excluding carboxylic acids is 2. The maximum Gasteiger partial charge on any atom is 0.256 e. The first-order valence-electron chi connectivity index (χ1n) is 12.1. The lowest BCUT2D eigenvalue weighted by Crippen LogP contribution is -2.50. The third-order valence-corrected chi connectivity index (χ3v) is 6.88. The molecule has 0 N–H and O–H groups in total. The number of likely N-dealkylation sites (tertiary alicyclic amines) is 1. The minimum atomic E-state index is -0.610. The van der Waals surface area contributed by atoms with Crippen LogP contribution in [0.5, 0.6) is 5.75 Å². The fraction of sp³-hybridized carbons (Fsp3) is 0.310. The van der Waals surface area contributed by atoms with Crippen molar-refractivity contribution in [2.75, 3.05) is 26.7 Å². The van der Waals surface area contributed by atoms with Crippen LogP contribution in [-0.2, 0) is 11.3 Å². The molecule has 36 heavy (non-hydrogen) atoms. The summed E-state index contributed by atoms with van der Waals surface area (Å²) in [4.78, 5) is 29.9. The van der Waals surface area contributed by atoms with Gasteiger partial charge in [-0.1, -0.05) is 54.1 Å². The van der Waals surface area contributed by atoms with E-state index in [1.807, 2.05) is 30.3 Å². The van der Waals surface area contributed by atoms with Gasteiger partial charge in [0.15, 0.2) is 0 Å². The number of halogens is 2. The average Bonchev–Trinajstić information content (AvgIpc) is 2.89. The van der Waals surface area contributed by atoms with Crippen molar-refractivity contribution < 1.29 is 18.7 Å². The van der Waals surface area contributed by atoms with Gasteiger partial charge in [-0.25, -0.2) is 4.39 Å². The Bertz CT molecular complexity index is 1190. The molecule has 1 heterocycles. The molecule has 0 aliphatic carbocycles. The molecule has 4 rings (SSSR count). The molecule has 0 unspecified atom stereocenters. The van der Waals surface area contributed by atoms with Crippen LogP contribution in [0.2, 0.25) is 5.02 Å². The van der Waals surface area contributed by atoms with Gasteiger partial charge in [0.05, 0.1) is 12.2 Å². The van der Waals surface area contributed by atoms with Gasteiger partial charge in [0, 0.05) is 43.5 Å². The van der Waals surface area contributed by atoms with E-state index in [9.17, 15) is 14.0 Å². The van der Waals surface area contributed by atoms with Crippen molar-refractivity contribution in [3.05, 3.63) is 101 Å². The first-order valence-corrected chi connectivity index (χ1v) is 12.4. The first-order chi connectivity index (χ1) is 17.3. The molecule has 0 bridgehead atoms. The summed E-state index contributed by atoms with van der Waals surface area (Å²) in [6.07, 6.45) is 1.62. The summed E-state index contributed by atoms with van der Waals surface area (Å²) >= 11 is 6.00. The lowest BCUT2D eigenvalue weighted by Gasteiger charge is -2.43. The van der Waals surface area contributed by atoms with Crippen molar-refractivity contribution in [2.45, 2.75) is 25.8 Å². The Labute approximate surface area is 216 Å². The van der Waals surface area contributed by atoms with E-state index in [1.165, 1.54) is 12.1 Å². The van der Waals surface area contributed by atoms with Gasteiger partial charge >= 0.3 is 0 Å². The number of hydrogen-bond acceptors (Lipinski definition) is 3. The molecule has 1 atom stereocenters. The maximum absolute atomic E-state index is 14.4. The zero-order valence-electron chi connectivity index (χ0n) is 20.3. The lowest BCUT2D eigenvalue weighted by atomic mass is 9.77. The summed E-state index contributed by atoms with van der Waals surface area (Å²) in [7, 11) is 1.79. The van der Waals surface area contributed by atoms with Gasteiger partial charge in [0.2, 0.25) is 5.91 Å². The third kappa shape index (κ3) is 6.43.